The van der Waals surface area contributed by atoms with Crippen molar-refractivity contribution in [1.29, 1.82) is 0 Å². The van der Waals surface area contributed by atoms with E-state index in [1.165, 1.54) is 26.4 Å². The largest absolute Gasteiger partial charge is 0.496 e. The van der Waals surface area contributed by atoms with Crippen LogP contribution in [0, 0.1) is 0 Å². The van der Waals surface area contributed by atoms with Crippen molar-refractivity contribution in [3.05, 3.63) is 35.5 Å². The van der Waals surface area contributed by atoms with Gasteiger partial charge in [0.05, 0.1) is 25.5 Å². The Balaban J connectivity index is 2.51. The SMILES string of the molecule is COC(=O)c1cc(-c2cc(C(F)(F)F)ccc2OC)n[nH]1. The third kappa shape index (κ3) is 2.99. The van der Waals surface area contributed by atoms with E-state index in [0.29, 0.717) is 0 Å². The third-order valence-electron chi connectivity index (χ3n) is 2.79. The highest BCUT2D eigenvalue weighted by atomic mass is 19.4. The van der Waals surface area contributed by atoms with E-state index in [1.807, 2.05) is 0 Å². The molecule has 0 atom stereocenters. The van der Waals surface area contributed by atoms with Crippen LogP contribution in [0.5, 0.6) is 5.75 Å². The van der Waals surface area contributed by atoms with Gasteiger partial charge in [-0.3, -0.25) is 5.10 Å². The molecule has 0 saturated heterocycles. The van der Waals surface area contributed by atoms with Crippen molar-refractivity contribution in [1.82, 2.24) is 10.2 Å². The summed E-state index contributed by atoms with van der Waals surface area (Å²) in [7, 11) is 2.52. The van der Waals surface area contributed by atoms with Gasteiger partial charge in [0.25, 0.3) is 0 Å². The molecule has 2 aromatic rings. The number of H-pyrrole nitrogens is 1. The molecule has 0 fully saturated rings. The summed E-state index contributed by atoms with van der Waals surface area (Å²) in [5.41, 5.74) is -0.523. The molecule has 0 aliphatic carbocycles. The van der Waals surface area contributed by atoms with E-state index in [4.69, 9.17) is 4.74 Å². The van der Waals surface area contributed by atoms with E-state index in [9.17, 15) is 18.0 Å². The van der Waals surface area contributed by atoms with Gasteiger partial charge in [-0.05, 0) is 24.3 Å². The predicted octanol–water partition coefficient (Wildman–Crippen LogP) is 2.89. The molecule has 2 rings (SSSR count). The number of benzene rings is 1. The predicted molar refractivity (Wildman–Crippen MR) is 66.9 cm³/mol. The summed E-state index contributed by atoms with van der Waals surface area (Å²) in [6, 6.07) is 4.32. The van der Waals surface area contributed by atoms with Crippen molar-refractivity contribution in [3.63, 3.8) is 0 Å². The number of rotatable bonds is 3. The number of nitrogens with one attached hydrogen (secondary N) is 1. The molecular formula is C13H11F3N2O3. The Bertz CT molecular complexity index is 665. The molecule has 0 aliphatic rings. The standard InChI is InChI=1S/C13H11F3N2O3/c1-20-11-4-3-7(13(14,15)16)5-8(11)9-6-10(18-17-9)12(19)21-2/h3-6H,1-2H3,(H,17,18). The van der Waals surface area contributed by atoms with Crippen LogP contribution in [0.2, 0.25) is 0 Å². The molecule has 1 aromatic heterocycles. The first-order chi connectivity index (χ1) is 9.86. The van der Waals surface area contributed by atoms with Gasteiger partial charge in [-0.2, -0.15) is 18.3 Å². The number of methoxy groups -OCH3 is 2. The van der Waals surface area contributed by atoms with Crippen molar-refractivity contribution in [2.24, 2.45) is 0 Å². The molecule has 0 saturated carbocycles. The first-order valence-electron chi connectivity index (χ1n) is 5.76. The van der Waals surface area contributed by atoms with Crippen LogP contribution in [0.4, 0.5) is 13.2 Å². The highest BCUT2D eigenvalue weighted by Gasteiger charge is 2.31. The number of nitrogens with zero attached hydrogens (tertiary/aromatic N) is 1. The lowest BCUT2D eigenvalue weighted by Crippen LogP contribution is -2.05. The van der Waals surface area contributed by atoms with E-state index in [-0.39, 0.29) is 22.7 Å². The van der Waals surface area contributed by atoms with Crippen LogP contribution in [0.25, 0.3) is 11.3 Å². The Morgan fingerprint density at radius 3 is 2.52 bits per heavy atom. The summed E-state index contributed by atoms with van der Waals surface area (Å²) in [5, 5.41) is 6.22. The quantitative estimate of drug-likeness (QED) is 0.885. The van der Waals surface area contributed by atoms with Gasteiger partial charge in [-0.15, -0.1) is 0 Å². The minimum absolute atomic E-state index is 0.0342. The number of aromatic nitrogens is 2. The van der Waals surface area contributed by atoms with Crippen LogP contribution in [-0.4, -0.2) is 30.4 Å². The normalized spacial score (nSPS) is 11.3. The molecular weight excluding hydrogens is 289 g/mol. The zero-order valence-corrected chi connectivity index (χ0v) is 11.1. The van der Waals surface area contributed by atoms with E-state index >= 15 is 0 Å². The number of alkyl halides is 3. The molecule has 5 nitrogen and oxygen atoms in total. The molecule has 1 aromatic carbocycles. The number of hydrogen-bond acceptors (Lipinski definition) is 4. The van der Waals surface area contributed by atoms with Crippen molar-refractivity contribution < 1.29 is 27.4 Å². The topological polar surface area (TPSA) is 64.2 Å². The monoisotopic (exact) mass is 300 g/mol. The van der Waals surface area contributed by atoms with Crippen molar-refractivity contribution in [2.45, 2.75) is 6.18 Å². The highest BCUT2D eigenvalue weighted by molar-refractivity contribution is 5.88. The van der Waals surface area contributed by atoms with E-state index < -0.39 is 17.7 Å². The molecule has 21 heavy (non-hydrogen) atoms. The lowest BCUT2D eigenvalue weighted by molar-refractivity contribution is -0.137. The van der Waals surface area contributed by atoms with Gasteiger partial charge < -0.3 is 9.47 Å². The molecule has 0 aliphatic heterocycles. The Kier molecular flexibility index (Phi) is 3.88. The van der Waals surface area contributed by atoms with Crippen LogP contribution in [0.15, 0.2) is 24.3 Å². The van der Waals surface area contributed by atoms with Crippen LogP contribution in [-0.2, 0) is 10.9 Å². The average molecular weight is 300 g/mol. The van der Waals surface area contributed by atoms with Gasteiger partial charge in [-0.1, -0.05) is 0 Å². The second kappa shape index (κ2) is 5.47. The zero-order chi connectivity index (χ0) is 15.6. The fourth-order valence-electron chi connectivity index (χ4n) is 1.76. The first kappa shape index (κ1) is 14.9. The molecule has 0 unspecified atom stereocenters. The second-order valence-corrected chi connectivity index (χ2v) is 4.07. The van der Waals surface area contributed by atoms with Gasteiger partial charge in [0.15, 0.2) is 0 Å². The number of carbonyl (C=O) groups excluding carboxylic acids is 1. The first-order valence-corrected chi connectivity index (χ1v) is 5.76. The molecule has 0 amide bonds. The van der Waals surface area contributed by atoms with E-state index in [1.54, 1.807) is 0 Å². The van der Waals surface area contributed by atoms with Gasteiger partial charge in [0.2, 0.25) is 0 Å². The Labute approximate surface area is 117 Å². The summed E-state index contributed by atoms with van der Waals surface area (Å²) in [6.07, 6.45) is -4.48. The van der Waals surface area contributed by atoms with Gasteiger partial charge >= 0.3 is 12.1 Å². The maximum Gasteiger partial charge on any atom is 0.416 e. The molecule has 8 heteroatoms. The number of esters is 1. The molecule has 1 N–H and O–H groups in total. The minimum Gasteiger partial charge on any atom is -0.496 e. The maximum absolute atomic E-state index is 12.8. The van der Waals surface area contributed by atoms with Crippen LogP contribution in [0.3, 0.4) is 0 Å². The number of aromatic amines is 1. The molecule has 112 valence electrons. The summed E-state index contributed by atoms with van der Waals surface area (Å²) in [4.78, 5) is 11.3. The Morgan fingerprint density at radius 2 is 1.95 bits per heavy atom. The summed E-state index contributed by atoms with van der Waals surface area (Å²) in [5.74, 6) is -0.453. The van der Waals surface area contributed by atoms with Crippen molar-refractivity contribution in [3.8, 4) is 17.0 Å². The van der Waals surface area contributed by atoms with Crippen molar-refractivity contribution in [2.75, 3.05) is 14.2 Å². The summed E-state index contributed by atoms with van der Waals surface area (Å²) >= 11 is 0. The molecule has 0 radical (unpaired) electrons. The Morgan fingerprint density at radius 1 is 1.24 bits per heavy atom. The molecule has 0 spiro atoms. The molecule has 0 bridgehead atoms. The van der Waals surface area contributed by atoms with Crippen molar-refractivity contribution >= 4 is 5.97 Å². The van der Waals surface area contributed by atoms with Gasteiger partial charge in [0.1, 0.15) is 11.4 Å². The number of ether oxygens (including phenoxy) is 2. The third-order valence-corrected chi connectivity index (χ3v) is 2.79. The average Bonchev–Trinajstić information content (AvgIpc) is 2.94. The number of carbonyl (C=O) groups is 1. The highest BCUT2D eigenvalue weighted by Crippen LogP contribution is 2.36. The minimum atomic E-state index is -4.48. The van der Waals surface area contributed by atoms with Gasteiger partial charge in [0, 0.05) is 5.56 Å². The smallest absolute Gasteiger partial charge is 0.416 e. The number of halogens is 3. The lowest BCUT2D eigenvalue weighted by atomic mass is 10.1. The lowest BCUT2D eigenvalue weighted by Gasteiger charge is -2.11. The van der Waals surface area contributed by atoms with Crippen LogP contribution < -0.4 is 4.74 Å². The molecule has 1 heterocycles. The van der Waals surface area contributed by atoms with Crippen LogP contribution in [0.1, 0.15) is 16.1 Å². The number of hydrogen-bond donors (Lipinski definition) is 1. The summed E-state index contributed by atoms with van der Waals surface area (Å²) in [6.45, 7) is 0. The van der Waals surface area contributed by atoms with E-state index in [0.717, 1.165) is 12.1 Å². The zero-order valence-electron chi connectivity index (χ0n) is 11.1. The van der Waals surface area contributed by atoms with Gasteiger partial charge in [-0.25, -0.2) is 4.79 Å². The fraction of sp³-hybridized carbons (Fsp3) is 0.231. The Hall–Kier alpha value is -2.51. The summed E-state index contributed by atoms with van der Waals surface area (Å²) < 4.78 is 47.8. The fourth-order valence-corrected chi connectivity index (χ4v) is 1.76. The van der Waals surface area contributed by atoms with Crippen LogP contribution >= 0.6 is 0 Å². The second-order valence-electron chi connectivity index (χ2n) is 4.07. The van der Waals surface area contributed by atoms with E-state index in [2.05, 4.69) is 14.9 Å². The maximum atomic E-state index is 12.8.